The lowest BCUT2D eigenvalue weighted by molar-refractivity contribution is -0.130. The number of hydrogen-bond donors (Lipinski definition) is 0. The van der Waals surface area contributed by atoms with Crippen LogP contribution in [0.25, 0.3) is 0 Å². The summed E-state index contributed by atoms with van der Waals surface area (Å²) in [7, 11) is 0. The summed E-state index contributed by atoms with van der Waals surface area (Å²) in [5.74, 6) is 0.850. The molecule has 21 heavy (non-hydrogen) atoms. The number of piperazine rings is 1. The maximum atomic E-state index is 11.4. The molecule has 0 radical (unpaired) electrons. The Labute approximate surface area is 125 Å². The number of carbonyl (C=O) groups is 1. The van der Waals surface area contributed by atoms with E-state index in [9.17, 15) is 4.79 Å². The van der Waals surface area contributed by atoms with Crippen LogP contribution in [-0.4, -0.2) is 71.1 Å². The van der Waals surface area contributed by atoms with Crippen LogP contribution >= 0.6 is 0 Å². The first kappa shape index (κ1) is 14.5. The van der Waals surface area contributed by atoms with Crippen LogP contribution in [0.2, 0.25) is 0 Å². The van der Waals surface area contributed by atoms with E-state index >= 15 is 0 Å². The number of aromatic nitrogens is 1. The molecule has 2 fully saturated rings. The molecule has 0 N–H and O–H groups in total. The van der Waals surface area contributed by atoms with Crippen LogP contribution in [0.4, 0.5) is 0 Å². The van der Waals surface area contributed by atoms with Crippen molar-refractivity contribution in [3.8, 4) is 0 Å². The summed E-state index contributed by atoms with van der Waals surface area (Å²) < 4.78 is 4.90. The molecule has 0 saturated carbocycles. The van der Waals surface area contributed by atoms with Crippen LogP contribution in [0, 0.1) is 5.92 Å². The summed E-state index contributed by atoms with van der Waals surface area (Å²) in [6, 6.07) is 2.52. The Balaban J connectivity index is 1.53. The molecule has 2 aliphatic rings. The SMILES string of the molecule is CC(=O)N1CCN(C2CN(Cc3ccon3)CC2C)CC1. The zero-order valence-corrected chi connectivity index (χ0v) is 12.9. The quantitative estimate of drug-likeness (QED) is 0.819. The first-order valence-corrected chi connectivity index (χ1v) is 7.74. The highest BCUT2D eigenvalue weighted by Crippen LogP contribution is 2.24. The molecule has 116 valence electrons. The normalized spacial score (nSPS) is 28.2. The molecule has 1 amide bonds. The topological polar surface area (TPSA) is 52.8 Å². The molecule has 0 aromatic carbocycles. The van der Waals surface area contributed by atoms with Gasteiger partial charge in [0.25, 0.3) is 0 Å². The summed E-state index contributed by atoms with van der Waals surface area (Å²) in [4.78, 5) is 18.3. The first-order valence-electron chi connectivity index (χ1n) is 7.74. The largest absolute Gasteiger partial charge is 0.364 e. The van der Waals surface area contributed by atoms with E-state index in [4.69, 9.17) is 4.52 Å². The van der Waals surface area contributed by atoms with Gasteiger partial charge >= 0.3 is 0 Å². The first-order chi connectivity index (χ1) is 10.1. The van der Waals surface area contributed by atoms with E-state index in [1.54, 1.807) is 13.2 Å². The van der Waals surface area contributed by atoms with Crippen molar-refractivity contribution >= 4 is 5.91 Å². The Morgan fingerprint density at radius 2 is 2.10 bits per heavy atom. The van der Waals surface area contributed by atoms with Crippen LogP contribution in [0.1, 0.15) is 19.5 Å². The van der Waals surface area contributed by atoms with Crippen molar-refractivity contribution in [1.82, 2.24) is 19.9 Å². The molecule has 6 heteroatoms. The average molecular weight is 292 g/mol. The van der Waals surface area contributed by atoms with E-state index < -0.39 is 0 Å². The van der Waals surface area contributed by atoms with Crippen molar-refractivity contribution in [1.29, 1.82) is 0 Å². The highest BCUT2D eigenvalue weighted by Gasteiger charge is 2.35. The molecular formula is C15H24N4O2. The van der Waals surface area contributed by atoms with E-state index in [-0.39, 0.29) is 5.91 Å². The lowest BCUT2D eigenvalue weighted by Gasteiger charge is -2.39. The van der Waals surface area contributed by atoms with Gasteiger partial charge in [-0.3, -0.25) is 14.6 Å². The molecule has 6 nitrogen and oxygen atoms in total. The van der Waals surface area contributed by atoms with Gasteiger partial charge in [0.1, 0.15) is 6.26 Å². The maximum Gasteiger partial charge on any atom is 0.219 e. The summed E-state index contributed by atoms with van der Waals surface area (Å²) in [5, 5.41) is 4.00. The Morgan fingerprint density at radius 1 is 1.33 bits per heavy atom. The second kappa shape index (κ2) is 6.15. The van der Waals surface area contributed by atoms with Crippen LogP contribution in [0.3, 0.4) is 0 Å². The molecular weight excluding hydrogens is 268 g/mol. The Hall–Kier alpha value is -1.40. The minimum atomic E-state index is 0.196. The molecule has 0 spiro atoms. The lowest BCUT2D eigenvalue weighted by atomic mass is 10.0. The van der Waals surface area contributed by atoms with Crippen molar-refractivity contribution in [2.75, 3.05) is 39.3 Å². The van der Waals surface area contributed by atoms with Gasteiger partial charge in [-0.05, 0) is 5.92 Å². The number of carbonyl (C=O) groups excluding carboxylic acids is 1. The van der Waals surface area contributed by atoms with Crippen molar-refractivity contribution in [2.24, 2.45) is 5.92 Å². The number of nitrogens with zero attached hydrogens (tertiary/aromatic N) is 4. The van der Waals surface area contributed by atoms with Crippen LogP contribution in [-0.2, 0) is 11.3 Å². The fourth-order valence-electron chi connectivity index (χ4n) is 3.57. The molecule has 3 heterocycles. The van der Waals surface area contributed by atoms with Crippen molar-refractivity contribution in [3.05, 3.63) is 18.0 Å². The second-order valence-electron chi connectivity index (χ2n) is 6.27. The summed E-state index contributed by atoms with van der Waals surface area (Å²) >= 11 is 0. The van der Waals surface area contributed by atoms with Gasteiger partial charge in [-0.1, -0.05) is 12.1 Å². The third-order valence-electron chi connectivity index (χ3n) is 4.75. The lowest BCUT2D eigenvalue weighted by Crippen LogP contribution is -2.53. The van der Waals surface area contributed by atoms with Crippen LogP contribution in [0.5, 0.6) is 0 Å². The van der Waals surface area contributed by atoms with Gasteiger partial charge in [0.2, 0.25) is 5.91 Å². The van der Waals surface area contributed by atoms with Gasteiger partial charge in [-0.25, -0.2) is 0 Å². The minimum absolute atomic E-state index is 0.196. The molecule has 3 rings (SSSR count). The Morgan fingerprint density at radius 3 is 2.71 bits per heavy atom. The van der Waals surface area contributed by atoms with Gasteiger partial charge in [-0.2, -0.15) is 0 Å². The summed E-state index contributed by atoms with van der Waals surface area (Å²) in [5.41, 5.74) is 1.00. The predicted octanol–water partition coefficient (Wildman–Crippen LogP) is 0.659. The minimum Gasteiger partial charge on any atom is -0.364 e. The molecule has 0 bridgehead atoms. The molecule has 2 aliphatic heterocycles. The van der Waals surface area contributed by atoms with Gasteiger partial charge in [0.05, 0.1) is 5.69 Å². The molecule has 0 aliphatic carbocycles. The summed E-state index contributed by atoms with van der Waals surface area (Å²) in [6.07, 6.45) is 1.63. The molecule has 2 unspecified atom stereocenters. The van der Waals surface area contributed by atoms with Gasteiger partial charge in [-0.15, -0.1) is 0 Å². The average Bonchev–Trinajstić information content (AvgIpc) is 3.09. The molecule has 2 saturated heterocycles. The number of hydrogen-bond acceptors (Lipinski definition) is 5. The highest BCUT2D eigenvalue weighted by atomic mass is 16.5. The molecule has 1 aromatic heterocycles. The predicted molar refractivity (Wildman–Crippen MR) is 78.6 cm³/mol. The zero-order valence-electron chi connectivity index (χ0n) is 12.9. The fraction of sp³-hybridized carbons (Fsp3) is 0.733. The molecule has 2 atom stereocenters. The van der Waals surface area contributed by atoms with Gasteiger partial charge in [0.15, 0.2) is 0 Å². The van der Waals surface area contributed by atoms with E-state index in [0.717, 1.165) is 51.5 Å². The summed E-state index contributed by atoms with van der Waals surface area (Å²) in [6.45, 7) is 10.7. The van der Waals surface area contributed by atoms with Gasteiger partial charge < -0.3 is 9.42 Å². The van der Waals surface area contributed by atoms with Gasteiger partial charge in [0, 0.05) is 64.8 Å². The van der Waals surface area contributed by atoms with Crippen molar-refractivity contribution in [3.63, 3.8) is 0 Å². The zero-order chi connectivity index (χ0) is 14.8. The smallest absolute Gasteiger partial charge is 0.219 e. The van der Waals surface area contributed by atoms with Crippen molar-refractivity contribution in [2.45, 2.75) is 26.4 Å². The van der Waals surface area contributed by atoms with Crippen LogP contribution < -0.4 is 0 Å². The third kappa shape index (κ3) is 3.27. The van der Waals surface area contributed by atoms with E-state index in [1.165, 1.54) is 0 Å². The van der Waals surface area contributed by atoms with Crippen LogP contribution in [0.15, 0.2) is 16.9 Å². The molecule has 1 aromatic rings. The highest BCUT2D eigenvalue weighted by molar-refractivity contribution is 5.73. The standard InChI is InChI=1S/C15H24N4O2/c1-12-9-17(10-14-3-8-21-16-14)11-15(12)19-6-4-18(5-7-19)13(2)20/h3,8,12,15H,4-7,9-11H2,1-2H3. The third-order valence-corrected chi connectivity index (χ3v) is 4.75. The Kier molecular flexibility index (Phi) is 4.26. The maximum absolute atomic E-state index is 11.4. The van der Waals surface area contributed by atoms with E-state index in [1.807, 2.05) is 11.0 Å². The monoisotopic (exact) mass is 292 g/mol. The Bertz CT molecular complexity index is 468. The van der Waals surface area contributed by atoms with E-state index in [2.05, 4.69) is 21.9 Å². The number of rotatable bonds is 3. The number of likely N-dealkylation sites (tertiary alicyclic amines) is 1. The fourth-order valence-corrected chi connectivity index (χ4v) is 3.57. The second-order valence-corrected chi connectivity index (χ2v) is 6.27. The van der Waals surface area contributed by atoms with Crippen molar-refractivity contribution < 1.29 is 9.32 Å². The van der Waals surface area contributed by atoms with E-state index in [0.29, 0.717) is 12.0 Å². The number of amides is 1.